The van der Waals surface area contributed by atoms with E-state index in [1.165, 1.54) is 19.3 Å². The number of hydrogen-bond donors (Lipinski definition) is 2. The minimum atomic E-state index is -0.168. The quantitative estimate of drug-likeness (QED) is 0.840. The molecule has 1 fully saturated rings. The second-order valence-corrected chi connectivity index (χ2v) is 5.40. The summed E-state index contributed by atoms with van der Waals surface area (Å²) >= 11 is 0. The van der Waals surface area contributed by atoms with Gasteiger partial charge < -0.3 is 10.4 Å². The Morgan fingerprint density at radius 1 is 1.44 bits per heavy atom. The first-order chi connectivity index (χ1) is 8.58. The molecule has 2 rings (SSSR count). The molecule has 3 nitrogen and oxygen atoms in total. The van der Waals surface area contributed by atoms with Crippen LogP contribution < -0.4 is 5.32 Å². The molecule has 0 heterocycles. The first-order valence-corrected chi connectivity index (χ1v) is 6.65. The molecule has 3 heteroatoms. The van der Waals surface area contributed by atoms with Crippen molar-refractivity contribution in [2.75, 3.05) is 6.54 Å². The highest BCUT2D eigenvalue weighted by molar-refractivity contribution is 5.97. The van der Waals surface area contributed by atoms with Crippen molar-refractivity contribution >= 4 is 5.91 Å². The molecule has 0 bridgehead atoms. The van der Waals surface area contributed by atoms with Crippen molar-refractivity contribution in [1.82, 2.24) is 5.32 Å². The monoisotopic (exact) mass is 247 g/mol. The minimum Gasteiger partial charge on any atom is -0.507 e. The second-order valence-electron chi connectivity index (χ2n) is 5.40. The van der Waals surface area contributed by atoms with Gasteiger partial charge in [0.05, 0.1) is 5.56 Å². The van der Waals surface area contributed by atoms with Crippen molar-refractivity contribution in [3.05, 3.63) is 29.3 Å². The van der Waals surface area contributed by atoms with Gasteiger partial charge >= 0.3 is 0 Å². The van der Waals surface area contributed by atoms with E-state index in [0.717, 1.165) is 18.5 Å². The van der Waals surface area contributed by atoms with Gasteiger partial charge in [-0.25, -0.2) is 0 Å². The third-order valence-corrected chi connectivity index (χ3v) is 3.84. The number of hydrogen-bond acceptors (Lipinski definition) is 2. The number of phenolic OH excluding ortho intramolecular Hbond substituents is 1. The van der Waals surface area contributed by atoms with E-state index >= 15 is 0 Å². The average Bonchev–Trinajstić information content (AvgIpc) is 3.11. The number of para-hydroxylation sites is 1. The summed E-state index contributed by atoms with van der Waals surface area (Å²) in [5.41, 5.74) is 1.45. The van der Waals surface area contributed by atoms with Gasteiger partial charge in [0.1, 0.15) is 5.75 Å². The predicted octanol–water partition coefficient (Wildman–Crippen LogP) is 3.01. The van der Waals surface area contributed by atoms with Crippen LogP contribution in [-0.4, -0.2) is 17.6 Å². The van der Waals surface area contributed by atoms with Gasteiger partial charge in [-0.05, 0) is 43.2 Å². The number of carbonyl (C=O) groups excluding carboxylic acids is 1. The molecule has 0 atom stereocenters. The second kappa shape index (κ2) is 5.01. The zero-order chi connectivity index (χ0) is 13.2. The fourth-order valence-electron chi connectivity index (χ4n) is 2.43. The number of aromatic hydroxyl groups is 1. The Bertz CT molecular complexity index is 450. The SMILES string of the molecule is CCCC1(CNC(=O)c2cccc(C)c2O)CC1. The fraction of sp³-hybridized carbons (Fsp3) is 0.533. The summed E-state index contributed by atoms with van der Waals surface area (Å²) in [6, 6.07) is 5.26. The number of amides is 1. The van der Waals surface area contributed by atoms with E-state index in [-0.39, 0.29) is 11.7 Å². The molecular weight excluding hydrogens is 226 g/mol. The number of carbonyl (C=O) groups is 1. The van der Waals surface area contributed by atoms with E-state index in [0.29, 0.717) is 11.0 Å². The average molecular weight is 247 g/mol. The highest BCUT2D eigenvalue weighted by Crippen LogP contribution is 2.48. The number of phenols is 1. The zero-order valence-corrected chi connectivity index (χ0v) is 11.1. The maximum Gasteiger partial charge on any atom is 0.255 e. The lowest BCUT2D eigenvalue weighted by Gasteiger charge is -2.15. The zero-order valence-electron chi connectivity index (χ0n) is 11.1. The number of aryl methyl sites for hydroxylation is 1. The van der Waals surface area contributed by atoms with Gasteiger partial charge in [-0.3, -0.25) is 4.79 Å². The Balaban J connectivity index is 1.98. The van der Waals surface area contributed by atoms with Crippen LogP contribution in [0, 0.1) is 12.3 Å². The summed E-state index contributed by atoms with van der Waals surface area (Å²) in [5.74, 6) is -0.0751. The van der Waals surface area contributed by atoms with Gasteiger partial charge in [0.15, 0.2) is 0 Å². The molecule has 1 saturated carbocycles. The Kier molecular flexibility index (Phi) is 3.60. The van der Waals surface area contributed by atoms with E-state index < -0.39 is 0 Å². The highest BCUT2D eigenvalue weighted by atomic mass is 16.3. The Morgan fingerprint density at radius 2 is 2.17 bits per heavy atom. The fourth-order valence-corrected chi connectivity index (χ4v) is 2.43. The summed E-state index contributed by atoms with van der Waals surface area (Å²) in [4.78, 5) is 12.0. The summed E-state index contributed by atoms with van der Waals surface area (Å²) in [5, 5.41) is 12.8. The third-order valence-electron chi connectivity index (χ3n) is 3.84. The summed E-state index contributed by atoms with van der Waals surface area (Å²) in [7, 11) is 0. The summed E-state index contributed by atoms with van der Waals surface area (Å²) in [6.07, 6.45) is 4.75. The molecule has 98 valence electrons. The van der Waals surface area contributed by atoms with Crippen LogP contribution in [0.5, 0.6) is 5.75 Å². The lowest BCUT2D eigenvalue weighted by Crippen LogP contribution is -2.30. The number of benzene rings is 1. The van der Waals surface area contributed by atoms with Crippen LogP contribution in [0.4, 0.5) is 0 Å². The maximum atomic E-state index is 12.0. The van der Waals surface area contributed by atoms with Crippen LogP contribution >= 0.6 is 0 Å². The predicted molar refractivity (Wildman–Crippen MR) is 71.8 cm³/mol. The van der Waals surface area contributed by atoms with Crippen molar-refractivity contribution in [3.63, 3.8) is 0 Å². The molecule has 0 spiro atoms. The van der Waals surface area contributed by atoms with Crippen molar-refractivity contribution < 1.29 is 9.90 Å². The molecule has 0 aromatic heterocycles. The first-order valence-electron chi connectivity index (χ1n) is 6.65. The molecular formula is C15H21NO2. The Morgan fingerprint density at radius 3 is 2.78 bits per heavy atom. The largest absolute Gasteiger partial charge is 0.507 e. The van der Waals surface area contributed by atoms with Crippen LogP contribution in [0.2, 0.25) is 0 Å². The molecule has 0 radical (unpaired) electrons. The third kappa shape index (κ3) is 2.66. The molecule has 2 N–H and O–H groups in total. The summed E-state index contributed by atoms with van der Waals surface area (Å²) < 4.78 is 0. The highest BCUT2D eigenvalue weighted by Gasteiger charge is 2.41. The van der Waals surface area contributed by atoms with Crippen molar-refractivity contribution in [3.8, 4) is 5.75 Å². The van der Waals surface area contributed by atoms with E-state index in [4.69, 9.17) is 0 Å². The van der Waals surface area contributed by atoms with Gasteiger partial charge in [0, 0.05) is 6.54 Å². The van der Waals surface area contributed by atoms with E-state index in [1.807, 2.05) is 0 Å². The standard InChI is InChI=1S/C15H21NO2/c1-3-7-15(8-9-15)10-16-14(18)12-6-4-5-11(2)13(12)17/h4-6,17H,3,7-10H2,1-2H3,(H,16,18). The molecule has 1 aliphatic rings. The van der Waals surface area contributed by atoms with Crippen molar-refractivity contribution in [2.45, 2.75) is 39.5 Å². The van der Waals surface area contributed by atoms with E-state index in [9.17, 15) is 9.90 Å². The first kappa shape index (κ1) is 12.9. The maximum absolute atomic E-state index is 12.0. The van der Waals surface area contributed by atoms with Crippen molar-refractivity contribution in [1.29, 1.82) is 0 Å². The molecule has 1 aromatic carbocycles. The topological polar surface area (TPSA) is 49.3 Å². The van der Waals surface area contributed by atoms with Gasteiger partial charge in [0.2, 0.25) is 0 Å². The number of rotatable bonds is 5. The van der Waals surface area contributed by atoms with E-state index in [1.54, 1.807) is 25.1 Å². The van der Waals surface area contributed by atoms with Crippen LogP contribution in [0.15, 0.2) is 18.2 Å². The molecule has 1 aromatic rings. The molecule has 0 aliphatic heterocycles. The number of nitrogens with one attached hydrogen (secondary N) is 1. The van der Waals surface area contributed by atoms with Crippen LogP contribution in [-0.2, 0) is 0 Å². The Labute approximate surface area is 108 Å². The van der Waals surface area contributed by atoms with Gasteiger partial charge in [-0.1, -0.05) is 25.5 Å². The van der Waals surface area contributed by atoms with Gasteiger partial charge in [-0.15, -0.1) is 0 Å². The minimum absolute atomic E-state index is 0.0929. The Hall–Kier alpha value is -1.51. The van der Waals surface area contributed by atoms with Crippen LogP contribution in [0.25, 0.3) is 0 Å². The van der Waals surface area contributed by atoms with Gasteiger partial charge in [0.25, 0.3) is 5.91 Å². The van der Waals surface area contributed by atoms with Gasteiger partial charge in [-0.2, -0.15) is 0 Å². The van der Waals surface area contributed by atoms with E-state index in [2.05, 4.69) is 12.2 Å². The molecule has 0 saturated heterocycles. The van der Waals surface area contributed by atoms with Crippen molar-refractivity contribution in [2.24, 2.45) is 5.41 Å². The lowest BCUT2D eigenvalue weighted by atomic mass is 10.0. The lowest BCUT2D eigenvalue weighted by molar-refractivity contribution is 0.0941. The normalized spacial score (nSPS) is 16.3. The molecule has 1 amide bonds. The van der Waals surface area contributed by atoms with Crippen LogP contribution in [0.3, 0.4) is 0 Å². The smallest absolute Gasteiger partial charge is 0.255 e. The molecule has 1 aliphatic carbocycles. The molecule has 0 unspecified atom stereocenters. The van der Waals surface area contributed by atoms with Crippen LogP contribution in [0.1, 0.15) is 48.5 Å². The summed E-state index contributed by atoms with van der Waals surface area (Å²) in [6.45, 7) is 4.70. The molecule has 18 heavy (non-hydrogen) atoms.